The third-order valence-electron chi connectivity index (χ3n) is 1.64. The van der Waals surface area contributed by atoms with Crippen LogP contribution in [0.4, 0.5) is 0 Å². The number of carbonyl (C=O) groups excluding carboxylic acids is 1. The number of hydrogen-bond donors (Lipinski definition) is 2. The van der Waals surface area contributed by atoms with Crippen molar-refractivity contribution in [1.29, 1.82) is 0 Å². The fourth-order valence-electron chi connectivity index (χ4n) is 1.06. The van der Waals surface area contributed by atoms with Crippen LogP contribution in [0.15, 0.2) is 12.2 Å². The fourth-order valence-corrected chi connectivity index (χ4v) is 1.06. The molecular weight excluding hydrogens is 170 g/mol. The van der Waals surface area contributed by atoms with Gasteiger partial charge in [0.05, 0.1) is 18.8 Å². The second-order valence-corrected chi connectivity index (χ2v) is 2.72. The Morgan fingerprint density at radius 2 is 2.31 bits per heavy atom. The van der Waals surface area contributed by atoms with Crippen LogP contribution in [0.2, 0.25) is 0 Å². The van der Waals surface area contributed by atoms with Crippen molar-refractivity contribution in [3.05, 3.63) is 12.2 Å². The summed E-state index contributed by atoms with van der Waals surface area (Å²) >= 11 is 0. The van der Waals surface area contributed by atoms with E-state index in [0.29, 0.717) is 0 Å². The van der Waals surface area contributed by atoms with Crippen molar-refractivity contribution in [2.24, 2.45) is 0 Å². The van der Waals surface area contributed by atoms with Crippen LogP contribution in [0.3, 0.4) is 0 Å². The van der Waals surface area contributed by atoms with Crippen LogP contribution in [-0.4, -0.2) is 36.9 Å². The van der Waals surface area contributed by atoms with Gasteiger partial charge in [0.2, 0.25) is 5.91 Å². The van der Waals surface area contributed by atoms with Crippen molar-refractivity contribution in [3.63, 3.8) is 0 Å². The lowest BCUT2D eigenvalue weighted by Gasteiger charge is -2.21. The number of amides is 1. The number of aliphatic hydroxyl groups excluding tert-OH is 1. The molecule has 0 aliphatic rings. The summed E-state index contributed by atoms with van der Waals surface area (Å²) < 4.78 is 5.08. The van der Waals surface area contributed by atoms with Crippen molar-refractivity contribution in [3.8, 4) is 0 Å². The first-order valence-electron chi connectivity index (χ1n) is 4.19. The van der Waals surface area contributed by atoms with E-state index in [1.807, 2.05) is 13.0 Å². The maximum absolute atomic E-state index is 10.7. The molecule has 0 heterocycles. The molecule has 0 fully saturated rings. The maximum Gasteiger partial charge on any atom is 0.217 e. The standard InChI is InChI=1S/C9H17NO3/c1-4-5-9(13-3)8(6-11)10-7(2)12/h4-5,8-9,11H,6H2,1-3H3,(H,10,12)/b5-4+/t8-,9-/m0/s1. The molecule has 0 unspecified atom stereocenters. The van der Waals surface area contributed by atoms with Crippen molar-refractivity contribution >= 4 is 5.91 Å². The lowest BCUT2D eigenvalue weighted by molar-refractivity contribution is -0.120. The first kappa shape index (κ1) is 12.1. The molecule has 2 atom stereocenters. The van der Waals surface area contributed by atoms with Gasteiger partial charge in [0.25, 0.3) is 0 Å². The van der Waals surface area contributed by atoms with Crippen molar-refractivity contribution in [2.45, 2.75) is 26.0 Å². The van der Waals surface area contributed by atoms with Crippen LogP contribution in [0.5, 0.6) is 0 Å². The first-order valence-corrected chi connectivity index (χ1v) is 4.19. The van der Waals surface area contributed by atoms with Crippen molar-refractivity contribution in [2.75, 3.05) is 13.7 Å². The predicted molar refractivity (Wildman–Crippen MR) is 50.3 cm³/mol. The summed E-state index contributed by atoms with van der Waals surface area (Å²) in [7, 11) is 1.54. The zero-order valence-corrected chi connectivity index (χ0v) is 8.28. The number of rotatable bonds is 5. The van der Waals surface area contributed by atoms with E-state index in [9.17, 15) is 4.79 Å². The highest BCUT2D eigenvalue weighted by Gasteiger charge is 2.18. The zero-order valence-electron chi connectivity index (χ0n) is 8.28. The Bertz CT molecular complexity index is 180. The highest BCUT2D eigenvalue weighted by atomic mass is 16.5. The molecule has 0 aromatic heterocycles. The Morgan fingerprint density at radius 1 is 1.69 bits per heavy atom. The van der Waals surface area contributed by atoms with E-state index in [-0.39, 0.29) is 24.7 Å². The average molecular weight is 187 g/mol. The van der Waals surface area contributed by atoms with Gasteiger partial charge >= 0.3 is 0 Å². The SMILES string of the molecule is C/C=C/[C@H](OC)[C@H](CO)NC(C)=O. The first-order chi connectivity index (χ1) is 6.15. The highest BCUT2D eigenvalue weighted by molar-refractivity contribution is 5.73. The molecule has 0 saturated carbocycles. The Morgan fingerprint density at radius 3 is 2.62 bits per heavy atom. The van der Waals surface area contributed by atoms with E-state index in [0.717, 1.165) is 0 Å². The van der Waals surface area contributed by atoms with Gasteiger partial charge in [-0.3, -0.25) is 4.79 Å². The van der Waals surface area contributed by atoms with Crippen LogP contribution in [0, 0.1) is 0 Å². The van der Waals surface area contributed by atoms with Crippen molar-refractivity contribution in [1.82, 2.24) is 5.32 Å². The summed E-state index contributed by atoms with van der Waals surface area (Å²) in [5.74, 6) is -0.175. The van der Waals surface area contributed by atoms with Gasteiger partial charge in [-0.05, 0) is 6.92 Å². The zero-order chi connectivity index (χ0) is 10.3. The number of aliphatic hydroxyl groups is 1. The van der Waals surface area contributed by atoms with Crippen LogP contribution >= 0.6 is 0 Å². The third kappa shape index (κ3) is 4.65. The van der Waals surface area contributed by atoms with Crippen LogP contribution < -0.4 is 5.32 Å². The van der Waals surface area contributed by atoms with Gasteiger partial charge < -0.3 is 15.2 Å². The largest absolute Gasteiger partial charge is 0.394 e. The smallest absolute Gasteiger partial charge is 0.217 e. The van der Waals surface area contributed by atoms with Crippen LogP contribution in [0.25, 0.3) is 0 Å². The fraction of sp³-hybridized carbons (Fsp3) is 0.667. The minimum Gasteiger partial charge on any atom is -0.394 e. The molecule has 0 rings (SSSR count). The van der Waals surface area contributed by atoms with E-state index in [1.54, 1.807) is 6.08 Å². The molecule has 0 aliphatic heterocycles. The Balaban J connectivity index is 4.24. The molecule has 0 saturated heterocycles. The van der Waals surface area contributed by atoms with E-state index in [1.165, 1.54) is 14.0 Å². The summed E-state index contributed by atoms with van der Waals surface area (Å²) in [5, 5.41) is 11.6. The Labute approximate surface area is 78.6 Å². The lowest BCUT2D eigenvalue weighted by atomic mass is 10.1. The number of carbonyl (C=O) groups is 1. The minimum atomic E-state index is -0.376. The van der Waals surface area contributed by atoms with E-state index >= 15 is 0 Å². The van der Waals surface area contributed by atoms with Crippen LogP contribution in [-0.2, 0) is 9.53 Å². The second kappa shape index (κ2) is 6.62. The number of methoxy groups -OCH3 is 1. The molecule has 13 heavy (non-hydrogen) atoms. The molecule has 4 heteroatoms. The molecule has 1 amide bonds. The third-order valence-corrected chi connectivity index (χ3v) is 1.64. The minimum absolute atomic E-state index is 0.136. The summed E-state index contributed by atoms with van der Waals surface area (Å²) in [6.45, 7) is 3.13. The highest BCUT2D eigenvalue weighted by Crippen LogP contribution is 2.00. The second-order valence-electron chi connectivity index (χ2n) is 2.72. The molecule has 0 radical (unpaired) electrons. The number of hydrogen-bond acceptors (Lipinski definition) is 3. The van der Waals surface area contributed by atoms with Crippen molar-refractivity contribution < 1.29 is 14.6 Å². The Hall–Kier alpha value is -0.870. The average Bonchev–Trinajstić information content (AvgIpc) is 2.10. The van der Waals surface area contributed by atoms with Gasteiger partial charge in [-0.25, -0.2) is 0 Å². The summed E-state index contributed by atoms with van der Waals surface area (Å²) in [4.78, 5) is 10.7. The van der Waals surface area contributed by atoms with Crippen LogP contribution in [0.1, 0.15) is 13.8 Å². The molecule has 76 valence electrons. The summed E-state index contributed by atoms with van der Waals surface area (Å²) in [6, 6.07) is -0.376. The number of ether oxygens (including phenoxy) is 1. The van der Waals surface area contributed by atoms with Gasteiger partial charge in [-0.2, -0.15) is 0 Å². The van der Waals surface area contributed by atoms with Gasteiger partial charge in [0.15, 0.2) is 0 Å². The molecule has 0 spiro atoms. The predicted octanol–water partition coefficient (Wildman–Crippen LogP) is 0.0745. The topological polar surface area (TPSA) is 58.6 Å². The van der Waals surface area contributed by atoms with E-state index in [2.05, 4.69) is 5.32 Å². The van der Waals surface area contributed by atoms with E-state index < -0.39 is 0 Å². The molecule has 0 aliphatic carbocycles. The molecule has 0 bridgehead atoms. The van der Waals surface area contributed by atoms with E-state index in [4.69, 9.17) is 9.84 Å². The molecule has 4 nitrogen and oxygen atoms in total. The summed E-state index contributed by atoms with van der Waals surface area (Å²) in [6.07, 6.45) is 3.33. The Kier molecular flexibility index (Phi) is 6.18. The van der Waals surface area contributed by atoms with Gasteiger partial charge in [0, 0.05) is 14.0 Å². The monoisotopic (exact) mass is 187 g/mol. The summed E-state index contributed by atoms with van der Waals surface area (Å²) in [5.41, 5.74) is 0. The molecule has 0 aromatic rings. The van der Waals surface area contributed by atoms with Gasteiger partial charge in [-0.15, -0.1) is 0 Å². The molecule has 2 N–H and O–H groups in total. The lowest BCUT2D eigenvalue weighted by Crippen LogP contribution is -2.45. The quantitative estimate of drug-likeness (QED) is 0.599. The molecular formula is C9H17NO3. The molecule has 0 aromatic carbocycles. The normalized spacial score (nSPS) is 15.7. The number of allylic oxidation sites excluding steroid dienone is 1. The number of nitrogens with one attached hydrogen (secondary N) is 1. The van der Waals surface area contributed by atoms with Gasteiger partial charge in [0.1, 0.15) is 0 Å². The maximum atomic E-state index is 10.7. The van der Waals surface area contributed by atoms with Gasteiger partial charge in [-0.1, -0.05) is 12.2 Å².